The van der Waals surface area contributed by atoms with Crippen LogP contribution >= 0.6 is 0 Å². The van der Waals surface area contributed by atoms with Crippen molar-refractivity contribution in [1.82, 2.24) is 4.98 Å². The maximum atomic E-state index is 11.4. The number of nitrogens with one attached hydrogen (secondary N) is 1. The van der Waals surface area contributed by atoms with E-state index in [0.29, 0.717) is 0 Å². The van der Waals surface area contributed by atoms with Gasteiger partial charge in [-0.05, 0) is 16.6 Å². The highest BCUT2D eigenvalue weighted by molar-refractivity contribution is 6.05. The molecule has 0 saturated carbocycles. The number of carboxylic acids is 1. The zero-order chi connectivity index (χ0) is 11.0. The minimum absolute atomic E-state index is 0.0560. The summed E-state index contributed by atoms with van der Waals surface area (Å²) in [6.07, 6.45) is 0. The number of nitrogens with zero attached hydrogens (tertiary/aromatic N) is 1. The second-order valence-corrected chi connectivity index (χ2v) is 2.93. The standard InChI is InChI=1S/C9H6N2O4/c12-7-4-2-1-3-5(9(13)14)6(4)10-8(7)11-15/h1-3,10,12H,(H,13,14)/p-1. The largest absolute Gasteiger partial charge is 0.869 e. The highest BCUT2D eigenvalue weighted by Gasteiger charge is 2.12. The number of hydrogen-bond acceptors (Lipinski definition) is 4. The number of para-hydroxylation sites is 1. The number of hydrogen-bond donors (Lipinski definition) is 2. The molecule has 2 N–H and O–H groups in total. The van der Waals surface area contributed by atoms with Crippen molar-refractivity contribution in [2.45, 2.75) is 0 Å². The number of fused-ring (bicyclic) bond motifs is 1. The molecule has 2 rings (SSSR count). The molecule has 0 aliphatic rings. The molecule has 15 heavy (non-hydrogen) atoms. The molecule has 0 aliphatic heterocycles. The van der Waals surface area contributed by atoms with Gasteiger partial charge in [-0.25, -0.2) is 4.79 Å². The summed E-state index contributed by atoms with van der Waals surface area (Å²) >= 11 is 0. The SMILES string of the molecule is O=Nc1[nH]c2c(C(=O)O)cccc2c1[O-]. The topological polar surface area (TPSA) is 106 Å². The minimum Gasteiger partial charge on any atom is -0.869 e. The molecule has 0 radical (unpaired) electrons. The molecule has 1 heterocycles. The number of H-pyrrole nitrogens is 1. The highest BCUT2D eigenvalue weighted by atomic mass is 16.4. The zero-order valence-electron chi connectivity index (χ0n) is 7.35. The number of carbonyl (C=O) groups is 1. The van der Waals surface area contributed by atoms with Crippen LogP contribution in [0.1, 0.15) is 10.4 Å². The molecule has 0 amide bonds. The van der Waals surface area contributed by atoms with Gasteiger partial charge in [0.1, 0.15) is 0 Å². The molecule has 0 unspecified atom stereocenters. The van der Waals surface area contributed by atoms with Crippen molar-refractivity contribution >= 4 is 22.7 Å². The summed E-state index contributed by atoms with van der Waals surface area (Å²) in [6.45, 7) is 0. The summed E-state index contributed by atoms with van der Waals surface area (Å²) in [4.78, 5) is 23.4. The first-order valence-corrected chi connectivity index (χ1v) is 4.03. The Morgan fingerprint density at radius 2 is 2.20 bits per heavy atom. The maximum Gasteiger partial charge on any atom is 0.337 e. The lowest BCUT2D eigenvalue weighted by atomic mass is 10.1. The Labute approximate surface area is 83.1 Å². The molecule has 1 aromatic carbocycles. The summed E-state index contributed by atoms with van der Waals surface area (Å²) < 4.78 is 0. The Morgan fingerprint density at radius 3 is 2.80 bits per heavy atom. The summed E-state index contributed by atoms with van der Waals surface area (Å²) in [5.41, 5.74) is 0.0732. The normalized spacial score (nSPS) is 10.4. The van der Waals surface area contributed by atoms with Crippen molar-refractivity contribution in [3.05, 3.63) is 28.7 Å². The van der Waals surface area contributed by atoms with Crippen LogP contribution in [0.4, 0.5) is 5.82 Å². The molecule has 0 spiro atoms. The number of nitroso groups, excluding NO2 is 1. The second-order valence-electron chi connectivity index (χ2n) is 2.93. The lowest BCUT2D eigenvalue weighted by Gasteiger charge is -2.01. The number of aromatic carboxylic acids is 1. The fourth-order valence-corrected chi connectivity index (χ4v) is 1.42. The van der Waals surface area contributed by atoms with Crippen molar-refractivity contribution in [2.24, 2.45) is 5.18 Å². The third kappa shape index (κ3) is 1.23. The molecule has 0 aliphatic carbocycles. The van der Waals surface area contributed by atoms with E-state index in [1.54, 1.807) is 0 Å². The van der Waals surface area contributed by atoms with Crippen LogP contribution in [0.15, 0.2) is 23.4 Å². The number of aromatic amines is 1. The van der Waals surface area contributed by atoms with E-state index in [9.17, 15) is 14.8 Å². The van der Waals surface area contributed by atoms with E-state index in [2.05, 4.69) is 10.2 Å². The van der Waals surface area contributed by atoms with E-state index in [4.69, 9.17) is 5.11 Å². The van der Waals surface area contributed by atoms with Gasteiger partial charge in [0, 0.05) is 0 Å². The first-order valence-electron chi connectivity index (χ1n) is 4.03. The highest BCUT2D eigenvalue weighted by Crippen LogP contribution is 2.33. The van der Waals surface area contributed by atoms with Crippen molar-refractivity contribution in [3.63, 3.8) is 0 Å². The van der Waals surface area contributed by atoms with Crippen LogP contribution in [-0.4, -0.2) is 16.1 Å². The van der Waals surface area contributed by atoms with Gasteiger partial charge in [0.2, 0.25) is 0 Å². The van der Waals surface area contributed by atoms with Gasteiger partial charge in [0.15, 0.2) is 5.82 Å². The average molecular weight is 205 g/mol. The van der Waals surface area contributed by atoms with E-state index in [1.807, 2.05) is 0 Å². The number of aromatic nitrogens is 1. The Hall–Kier alpha value is -2.37. The lowest BCUT2D eigenvalue weighted by molar-refractivity contribution is -0.264. The Morgan fingerprint density at radius 1 is 1.47 bits per heavy atom. The summed E-state index contributed by atoms with van der Waals surface area (Å²) in [6, 6.07) is 4.22. The van der Waals surface area contributed by atoms with Crippen LogP contribution in [0.3, 0.4) is 0 Å². The fourth-order valence-electron chi connectivity index (χ4n) is 1.42. The van der Waals surface area contributed by atoms with Gasteiger partial charge < -0.3 is 15.2 Å². The molecular weight excluding hydrogens is 200 g/mol. The van der Waals surface area contributed by atoms with Gasteiger partial charge in [-0.1, -0.05) is 17.9 Å². The number of carboxylic acid groups (broad SMARTS) is 1. The van der Waals surface area contributed by atoms with Crippen LogP contribution in [0.2, 0.25) is 0 Å². The van der Waals surface area contributed by atoms with Gasteiger partial charge in [-0.3, -0.25) is 0 Å². The van der Waals surface area contributed by atoms with Crippen LogP contribution < -0.4 is 5.11 Å². The maximum absolute atomic E-state index is 11.4. The van der Waals surface area contributed by atoms with E-state index < -0.39 is 11.7 Å². The first-order chi connectivity index (χ1) is 7.15. The molecular formula is C9H5N2O4-. The van der Waals surface area contributed by atoms with Crippen LogP contribution in [0.5, 0.6) is 5.75 Å². The van der Waals surface area contributed by atoms with Crippen molar-refractivity contribution in [2.75, 3.05) is 0 Å². The van der Waals surface area contributed by atoms with Gasteiger partial charge in [0.25, 0.3) is 0 Å². The quantitative estimate of drug-likeness (QED) is 0.721. The predicted molar refractivity (Wildman–Crippen MR) is 50.2 cm³/mol. The van der Waals surface area contributed by atoms with Gasteiger partial charge in [-0.15, -0.1) is 4.91 Å². The molecule has 0 saturated heterocycles. The Balaban J connectivity index is 2.87. The average Bonchev–Trinajstić information content (AvgIpc) is 2.55. The monoisotopic (exact) mass is 205 g/mol. The molecule has 0 bridgehead atoms. The van der Waals surface area contributed by atoms with E-state index >= 15 is 0 Å². The molecule has 0 atom stereocenters. The lowest BCUT2D eigenvalue weighted by Crippen LogP contribution is -1.96. The molecule has 0 fully saturated rings. The molecule has 6 heteroatoms. The summed E-state index contributed by atoms with van der Waals surface area (Å²) in [7, 11) is 0. The van der Waals surface area contributed by atoms with Crippen molar-refractivity contribution in [3.8, 4) is 5.75 Å². The predicted octanol–water partition coefficient (Wildman–Crippen LogP) is 1.34. The minimum atomic E-state index is -1.17. The third-order valence-corrected chi connectivity index (χ3v) is 2.09. The van der Waals surface area contributed by atoms with Gasteiger partial charge in [0.05, 0.1) is 11.1 Å². The van der Waals surface area contributed by atoms with Crippen molar-refractivity contribution in [1.29, 1.82) is 0 Å². The molecule has 2 aromatic rings. The first kappa shape index (κ1) is 9.20. The van der Waals surface area contributed by atoms with E-state index in [1.165, 1.54) is 18.2 Å². The number of benzene rings is 1. The van der Waals surface area contributed by atoms with Crippen molar-refractivity contribution < 1.29 is 15.0 Å². The fraction of sp³-hybridized carbons (Fsp3) is 0. The van der Waals surface area contributed by atoms with Gasteiger partial charge >= 0.3 is 5.97 Å². The van der Waals surface area contributed by atoms with E-state index in [-0.39, 0.29) is 22.3 Å². The van der Waals surface area contributed by atoms with Crippen LogP contribution in [0, 0.1) is 4.91 Å². The third-order valence-electron chi connectivity index (χ3n) is 2.09. The summed E-state index contributed by atoms with van der Waals surface area (Å²) in [5, 5.41) is 22.9. The van der Waals surface area contributed by atoms with E-state index in [0.717, 1.165) is 0 Å². The summed E-state index contributed by atoms with van der Waals surface area (Å²) in [5.74, 6) is -2.12. The molecule has 1 aromatic heterocycles. The second kappa shape index (κ2) is 3.09. The van der Waals surface area contributed by atoms with Crippen LogP contribution in [-0.2, 0) is 0 Å². The Kier molecular flexibility index (Phi) is 1.89. The molecule has 6 nitrogen and oxygen atoms in total. The zero-order valence-corrected chi connectivity index (χ0v) is 7.35. The smallest absolute Gasteiger partial charge is 0.337 e. The van der Waals surface area contributed by atoms with Crippen LogP contribution in [0.25, 0.3) is 10.9 Å². The number of rotatable bonds is 2. The van der Waals surface area contributed by atoms with Gasteiger partial charge in [-0.2, -0.15) is 0 Å². The Bertz CT molecular complexity index is 558. The molecule has 76 valence electrons.